The Balaban J connectivity index is 2.03. The van der Waals surface area contributed by atoms with Crippen LogP contribution in [0.2, 0.25) is 5.02 Å². The number of imide groups is 1. The number of anilines is 1. The van der Waals surface area contributed by atoms with Crippen molar-refractivity contribution in [3.8, 4) is 5.75 Å². The number of hydrogen-bond acceptors (Lipinski definition) is 4. The van der Waals surface area contributed by atoms with E-state index in [-0.39, 0.29) is 17.1 Å². The topological polar surface area (TPSA) is 46.6 Å². The Labute approximate surface area is 168 Å². The van der Waals surface area contributed by atoms with Crippen LogP contribution in [-0.2, 0) is 9.59 Å². The Kier molecular flexibility index (Phi) is 5.92. The summed E-state index contributed by atoms with van der Waals surface area (Å²) in [5.74, 6) is 0.103. The third kappa shape index (κ3) is 4.04. The number of thioether (sulfide) groups is 1. The third-order valence-electron chi connectivity index (χ3n) is 3.93. The molecule has 0 aromatic heterocycles. The van der Waals surface area contributed by atoms with Gasteiger partial charge < -0.3 is 4.74 Å². The molecule has 2 amide bonds. The van der Waals surface area contributed by atoms with Gasteiger partial charge in [-0.3, -0.25) is 9.59 Å². The lowest BCUT2D eigenvalue weighted by Gasteiger charge is -2.15. The average Bonchev–Trinajstić information content (AvgIpc) is 2.87. The highest BCUT2D eigenvalue weighted by Gasteiger charge is 2.40. The van der Waals surface area contributed by atoms with Gasteiger partial charge in [0.25, 0.3) is 11.8 Å². The number of rotatable bonds is 6. The molecular formula is C21H20ClNO3S. The van der Waals surface area contributed by atoms with E-state index in [4.69, 9.17) is 16.3 Å². The van der Waals surface area contributed by atoms with E-state index in [0.717, 1.165) is 5.75 Å². The lowest BCUT2D eigenvalue weighted by Crippen LogP contribution is -2.31. The Hall–Kier alpha value is -2.24. The average molecular weight is 402 g/mol. The van der Waals surface area contributed by atoms with Crippen LogP contribution >= 0.6 is 23.4 Å². The Bertz CT molecular complexity index is 889. The van der Waals surface area contributed by atoms with E-state index >= 15 is 0 Å². The molecule has 0 saturated carbocycles. The van der Waals surface area contributed by atoms with Crippen LogP contribution in [0.15, 0.2) is 53.4 Å². The summed E-state index contributed by atoms with van der Waals surface area (Å²) >= 11 is 7.34. The fraction of sp³-hybridized carbons (Fsp3) is 0.238. The fourth-order valence-electron chi connectivity index (χ4n) is 2.82. The number of carbonyl (C=O) groups is 2. The molecule has 6 heteroatoms. The normalized spacial score (nSPS) is 14.5. The molecule has 0 spiro atoms. The van der Waals surface area contributed by atoms with Crippen LogP contribution in [0.3, 0.4) is 0 Å². The summed E-state index contributed by atoms with van der Waals surface area (Å²) in [7, 11) is 0. The molecule has 3 rings (SSSR count). The Morgan fingerprint density at radius 3 is 2.19 bits per heavy atom. The van der Waals surface area contributed by atoms with Gasteiger partial charge in [0.1, 0.15) is 5.75 Å². The molecule has 0 aliphatic carbocycles. The molecule has 0 atom stereocenters. The second-order valence-electron chi connectivity index (χ2n) is 6.25. The molecule has 0 radical (unpaired) electrons. The van der Waals surface area contributed by atoms with Gasteiger partial charge in [-0.25, -0.2) is 4.90 Å². The largest absolute Gasteiger partial charge is 0.494 e. The molecule has 1 heterocycles. The van der Waals surface area contributed by atoms with Gasteiger partial charge in [0.2, 0.25) is 0 Å². The highest BCUT2D eigenvalue weighted by Crippen LogP contribution is 2.40. The van der Waals surface area contributed by atoms with Crippen LogP contribution in [0.5, 0.6) is 5.75 Å². The molecule has 1 aliphatic heterocycles. The zero-order chi connectivity index (χ0) is 19.6. The van der Waals surface area contributed by atoms with Gasteiger partial charge in [0.05, 0.1) is 22.8 Å². The number of hydrogen-bond donors (Lipinski definition) is 0. The first kappa shape index (κ1) is 19.5. The molecule has 140 valence electrons. The van der Waals surface area contributed by atoms with Crippen LogP contribution in [0.4, 0.5) is 5.69 Å². The molecule has 0 N–H and O–H groups in total. The summed E-state index contributed by atoms with van der Waals surface area (Å²) in [6.07, 6.45) is 0. The molecule has 27 heavy (non-hydrogen) atoms. The Morgan fingerprint density at radius 2 is 1.63 bits per heavy atom. The number of amides is 2. The number of benzene rings is 2. The van der Waals surface area contributed by atoms with Crippen LogP contribution in [-0.4, -0.2) is 23.7 Å². The summed E-state index contributed by atoms with van der Waals surface area (Å²) in [6.45, 7) is 6.47. The van der Waals surface area contributed by atoms with Crippen LogP contribution < -0.4 is 9.64 Å². The van der Waals surface area contributed by atoms with E-state index in [2.05, 4.69) is 0 Å². The monoisotopic (exact) mass is 401 g/mol. The summed E-state index contributed by atoms with van der Waals surface area (Å²) in [6, 6.07) is 13.9. The van der Waals surface area contributed by atoms with E-state index in [1.54, 1.807) is 24.3 Å². The number of nitrogens with zero attached hydrogens (tertiary/aromatic N) is 1. The van der Waals surface area contributed by atoms with Crippen molar-refractivity contribution < 1.29 is 14.3 Å². The lowest BCUT2D eigenvalue weighted by molar-refractivity contribution is -0.119. The molecule has 2 aromatic carbocycles. The van der Waals surface area contributed by atoms with Gasteiger partial charge in [-0.15, -0.1) is 11.8 Å². The van der Waals surface area contributed by atoms with Crippen molar-refractivity contribution in [1.82, 2.24) is 0 Å². The molecule has 2 aromatic rings. The second kappa shape index (κ2) is 8.19. The lowest BCUT2D eigenvalue weighted by atomic mass is 10.1. The minimum Gasteiger partial charge on any atom is -0.494 e. The summed E-state index contributed by atoms with van der Waals surface area (Å²) in [5.41, 5.74) is 1.64. The zero-order valence-electron chi connectivity index (χ0n) is 15.4. The first-order chi connectivity index (χ1) is 12.9. The van der Waals surface area contributed by atoms with Crippen molar-refractivity contribution in [1.29, 1.82) is 0 Å². The van der Waals surface area contributed by atoms with E-state index < -0.39 is 0 Å². The molecule has 0 unspecified atom stereocenters. The van der Waals surface area contributed by atoms with E-state index in [1.807, 2.05) is 45.0 Å². The van der Waals surface area contributed by atoms with E-state index in [1.165, 1.54) is 16.7 Å². The van der Waals surface area contributed by atoms with Crippen molar-refractivity contribution in [2.45, 2.75) is 26.0 Å². The maximum absolute atomic E-state index is 13.2. The smallest absolute Gasteiger partial charge is 0.272 e. The summed E-state index contributed by atoms with van der Waals surface area (Å²) in [5, 5.41) is 0.717. The number of carbonyl (C=O) groups excluding carboxylic acids is 2. The minimum atomic E-state index is -0.324. The van der Waals surface area contributed by atoms with Crippen LogP contribution in [0.25, 0.3) is 5.57 Å². The van der Waals surface area contributed by atoms with Crippen molar-refractivity contribution in [3.63, 3.8) is 0 Å². The van der Waals surface area contributed by atoms with Crippen molar-refractivity contribution >= 4 is 46.4 Å². The molecule has 0 saturated heterocycles. The molecule has 1 aliphatic rings. The summed E-state index contributed by atoms with van der Waals surface area (Å²) in [4.78, 5) is 27.9. The second-order valence-corrected chi connectivity index (χ2v) is 8.27. The standard InChI is InChI=1S/C21H20ClNO3S/c1-4-26-17-11-5-14(6-12-17)18-19(27-13(2)3)21(25)23(20(18)24)16-9-7-15(22)8-10-16/h5-13H,4H2,1-3H3. The first-order valence-corrected chi connectivity index (χ1v) is 9.96. The third-order valence-corrected chi connectivity index (χ3v) is 5.27. The molecule has 0 bridgehead atoms. The van der Waals surface area contributed by atoms with Crippen LogP contribution in [0.1, 0.15) is 26.3 Å². The maximum atomic E-state index is 13.2. The van der Waals surface area contributed by atoms with Gasteiger partial charge in [-0.1, -0.05) is 37.6 Å². The predicted octanol–water partition coefficient (Wildman–Crippen LogP) is 5.16. The van der Waals surface area contributed by atoms with E-state index in [0.29, 0.717) is 33.4 Å². The number of ether oxygens (including phenoxy) is 1. The van der Waals surface area contributed by atoms with Crippen LogP contribution in [0, 0.1) is 0 Å². The fourth-order valence-corrected chi connectivity index (χ4v) is 3.93. The van der Waals surface area contributed by atoms with E-state index in [9.17, 15) is 9.59 Å². The predicted molar refractivity (Wildman–Crippen MR) is 111 cm³/mol. The number of halogens is 1. The van der Waals surface area contributed by atoms with Crippen molar-refractivity contribution in [2.75, 3.05) is 11.5 Å². The van der Waals surface area contributed by atoms with Crippen molar-refractivity contribution in [2.24, 2.45) is 0 Å². The van der Waals surface area contributed by atoms with Gasteiger partial charge in [-0.05, 0) is 48.9 Å². The van der Waals surface area contributed by atoms with Gasteiger partial charge in [0.15, 0.2) is 0 Å². The quantitative estimate of drug-likeness (QED) is 0.627. The molecule has 4 nitrogen and oxygen atoms in total. The SMILES string of the molecule is CCOc1ccc(C2=C(SC(C)C)C(=O)N(c3ccc(Cl)cc3)C2=O)cc1. The van der Waals surface area contributed by atoms with Crippen molar-refractivity contribution in [3.05, 3.63) is 64.0 Å². The maximum Gasteiger partial charge on any atom is 0.272 e. The zero-order valence-corrected chi connectivity index (χ0v) is 16.9. The first-order valence-electron chi connectivity index (χ1n) is 8.71. The highest BCUT2D eigenvalue weighted by atomic mass is 35.5. The molecular weight excluding hydrogens is 382 g/mol. The molecule has 0 fully saturated rings. The van der Waals surface area contributed by atoms with Gasteiger partial charge in [0, 0.05) is 10.3 Å². The Morgan fingerprint density at radius 1 is 1.00 bits per heavy atom. The minimum absolute atomic E-state index is 0.166. The highest BCUT2D eigenvalue weighted by molar-refractivity contribution is 8.04. The van der Waals surface area contributed by atoms with Gasteiger partial charge >= 0.3 is 0 Å². The summed E-state index contributed by atoms with van der Waals surface area (Å²) < 4.78 is 5.47. The van der Waals surface area contributed by atoms with Gasteiger partial charge in [-0.2, -0.15) is 0 Å².